The molecule has 0 nitrogen and oxygen atoms in total. The molecule has 0 aliphatic carbocycles. The highest BCUT2D eigenvalue weighted by Crippen LogP contribution is 2.35. The van der Waals surface area contributed by atoms with Gasteiger partial charge in [0.05, 0.1) is 10.4 Å². The summed E-state index contributed by atoms with van der Waals surface area (Å²) in [5, 5.41) is 1.49. The van der Waals surface area contributed by atoms with Crippen LogP contribution in [-0.2, 0) is 0 Å². The number of thiophene rings is 1. The maximum atomic E-state index is 2.30. The maximum Gasteiger partial charge on any atom is 0.360 e. The number of fused-ring (bicyclic) bond motifs is 5. The first-order valence-electron chi connectivity index (χ1n) is 5.19. The highest BCUT2D eigenvalue weighted by Gasteiger charge is 2.36. The van der Waals surface area contributed by atoms with Crippen LogP contribution in [0.1, 0.15) is 0 Å². The smallest absolute Gasteiger partial charge is 0.130 e. The molecule has 2 aromatic carbocycles. The molecule has 1 aliphatic heterocycles. The lowest BCUT2D eigenvalue weighted by molar-refractivity contribution is -0.587. The third kappa shape index (κ3) is 1.14. The molecule has 0 radical (unpaired) electrons. The second-order valence-electron chi connectivity index (χ2n) is 3.82. The summed E-state index contributed by atoms with van der Waals surface area (Å²) < 4.78 is 4.68. The van der Waals surface area contributed by atoms with Crippen LogP contribution in [0.4, 0.5) is 0 Å². The van der Waals surface area contributed by atoms with Crippen molar-refractivity contribution in [1.82, 2.24) is 0 Å². The molecular weight excluding hydrogens is 327 g/mol. The van der Waals surface area contributed by atoms with Crippen LogP contribution in [0.3, 0.4) is 0 Å². The van der Waals surface area contributed by atoms with Crippen molar-refractivity contribution in [2.75, 3.05) is 0 Å². The van der Waals surface area contributed by atoms with Crippen molar-refractivity contribution in [3.8, 4) is 10.4 Å². The molecule has 16 heavy (non-hydrogen) atoms. The lowest BCUT2D eigenvalue weighted by atomic mass is 10.2. The molecule has 0 fully saturated rings. The standard InChI is InChI=1S/C14H8IS/c1-3-7-11-9(5-1)14-13(15-11)10-6-2-4-8-12(10)16-14/h1-8H/q+1. The Labute approximate surface area is 108 Å². The van der Waals surface area contributed by atoms with Gasteiger partial charge < -0.3 is 0 Å². The number of halogens is 1. The molecule has 4 rings (SSSR count). The predicted octanol–water partition coefficient (Wildman–Crippen LogP) is 1.01. The fourth-order valence-corrected chi connectivity index (χ4v) is 7.20. The summed E-state index contributed by atoms with van der Waals surface area (Å²) in [7, 11) is 0. The summed E-state index contributed by atoms with van der Waals surface area (Å²) in [5.41, 5.74) is 1.49. The number of hydrogen-bond donors (Lipinski definition) is 0. The van der Waals surface area contributed by atoms with Gasteiger partial charge >= 0.3 is 21.2 Å². The Morgan fingerprint density at radius 2 is 1.69 bits per heavy atom. The Balaban J connectivity index is 2.12. The van der Waals surface area contributed by atoms with E-state index in [1.165, 1.54) is 20.5 Å². The first kappa shape index (κ1) is 9.19. The average Bonchev–Trinajstić information content (AvgIpc) is 2.85. The molecule has 0 spiro atoms. The molecule has 76 valence electrons. The third-order valence-electron chi connectivity index (χ3n) is 2.85. The van der Waals surface area contributed by atoms with Crippen LogP contribution in [0.2, 0.25) is 0 Å². The molecule has 0 saturated carbocycles. The highest BCUT2D eigenvalue weighted by atomic mass is 127. The van der Waals surface area contributed by atoms with Gasteiger partial charge in [-0.1, -0.05) is 24.3 Å². The van der Waals surface area contributed by atoms with E-state index in [4.69, 9.17) is 0 Å². The molecule has 0 bridgehead atoms. The van der Waals surface area contributed by atoms with E-state index >= 15 is 0 Å². The summed E-state index contributed by atoms with van der Waals surface area (Å²) in [4.78, 5) is 1.53. The van der Waals surface area contributed by atoms with E-state index in [0.717, 1.165) is 0 Å². The van der Waals surface area contributed by atoms with Crippen molar-refractivity contribution in [2.24, 2.45) is 0 Å². The fraction of sp³-hybridized carbons (Fsp3) is 0. The second-order valence-corrected chi connectivity index (χ2v) is 7.65. The van der Waals surface area contributed by atoms with Crippen molar-refractivity contribution in [3.05, 3.63) is 55.7 Å². The van der Waals surface area contributed by atoms with Crippen molar-refractivity contribution in [2.45, 2.75) is 0 Å². The van der Waals surface area contributed by atoms with E-state index in [9.17, 15) is 0 Å². The topological polar surface area (TPSA) is 0 Å². The Morgan fingerprint density at radius 1 is 0.875 bits per heavy atom. The minimum atomic E-state index is 0.0486. The Kier molecular flexibility index (Phi) is 1.90. The fourth-order valence-electron chi connectivity index (χ4n) is 2.11. The van der Waals surface area contributed by atoms with Gasteiger partial charge in [0.1, 0.15) is 0 Å². The summed E-state index contributed by atoms with van der Waals surface area (Å²) in [6, 6.07) is 17.7. The first-order chi connectivity index (χ1) is 7.93. The normalized spacial score (nSPS) is 12.8. The summed E-state index contributed by atoms with van der Waals surface area (Å²) in [5.74, 6) is 0. The van der Waals surface area contributed by atoms with Gasteiger partial charge in [-0.05, 0) is 24.3 Å². The van der Waals surface area contributed by atoms with Crippen LogP contribution in [0.5, 0.6) is 0 Å². The van der Waals surface area contributed by atoms with Crippen LogP contribution in [0, 0.1) is 7.14 Å². The molecular formula is C14H8IS+. The van der Waals surface area contributed by atoms with E-state index in [1.54, 1.807) is 7.14 Å². The quantitative estimate of drug-likeness (QED) is 0.421. The van der Waals surface area contributed by atoms with E-state index < -0.39 is 0 Å². The minimum absolute atomic E-state index is 0.0486. The van der Waals surface area contributed by atoms with E-state index in [0.29, 0.717) is 0 Å². The number of benzene rings is 2. The van der Waals surface area contributed by atoms with Gasteiger partial charge in [-0.2, -0.15) is 0 Å². The summed E-state index contributed by atoms with van der Waals surface area (Å²) >= 11 is 2.01. The molecule has 3 aromatic rings. The van der Waals surface area contributed by atoms with Gasteiger partial charge in [-0.3, -0.25) is 0 Å². The van der Waals surface area contributed by atoms with E-state index in [1.807, 2.05) is 11.3 Å². The largest absolute Gasteiger partial charge is 0.360 e. The van der Waals surface area contributed by atoms with Gasteiger partial charge in [-0.15, -0.1) is 11.3 Å². The molecule has 0 N–H and O–H groups in total. The van der Waals surface area contributed by atoms with Gasteiger partial charge in [0.25, 0.3) is 0 Å². The lowest BCUT2D eigenvalue weighted by Crippen LogP contribution is -3.61. The number of rotatable bonds is 0. The van der Waals surface area contributed by atoms with Crippen molar-refractivity contribution in [1.29, 1.82) is 0 Å². The summed E-state index contributed by atoms with van der Waals surface area (Å²) in [6.45, 7) is 0. The van der Waals surface area contributed by atoms with Crippen LogP contribution < -0.4 is 21.2 Å². The highest BCUT2D eigenvalue weighted by molar-refractivity contribution is 7.22. The number of hydrogen-bond acceptors (Lipinski definition) is 1. The first-order valence-corrected chi connectivity index (χ1v) is 8.16. The predicted molar refractivity (Wildman–Crippen MR) is 64.7 cm³/mol. The second kappa shape index (κ2) is 3.31. The summed E-state index contributed by atoms with van der Waals surface area (Å²) in [6.07, 6.45) is 0. The zero-order valence-electron chi connectivity index (χ0n) is 8.41. The molecule has 0 unspecified atom stereocenters. The lowest BCUT2D eigenvalue weighted by Gasteiger charge is -1.88. The molecule has 2 heterocycles. The van der Waals surface area contributed by atoms with Crippen LogP contribution in [0.25, 0.3) is 20.5 Å². The Bertz CT molecular complexity index is 697. The molecule has 1 aliphatic rings. The monoisotopic (exact) mass is 335 g/mol. The van der Waals surface area contributed by atoms with Crippen molar-refractivity contribution >= 4 is 21.4 Å². The zero-order chi connectivity index (χ0) is 10.5. The van der Waals surface area contributed by atoms with Crippen molar-refractivity contribution < 1.29 is 21.2 Å². The third-order valence-corrected chi connectivity index (χ3v) is 7.60. The van der Waals surface area contributed by atoms with Crippen LogP contribution >= 0.6 is 11.3 Å². The maximum absolute atomic E-state index is 2.30. The SMILES string of the molecule is c1ccc2c(c1)[I+]c1c-2sc2ccccc12. The Morgan fingerprint density at radius 3 is 2.69 bits per heavy atom. The average molecular weight is 335 g/mol. The molecule has 0 saturated heterocycles. The Hall–Kier alpha value is -0.870. The molecule has 0 atom stereocenters. The van der Waals surface area contributed by atoms with E-state index in [2.05, 4.69) is 48.5 Å². The molecule has 2 heteroatoms. The zero-order valence-corrected chi connectivity index (χ0v) is 11.4. The van der Waals surface area contributed by atoms with Gasteiger partial charge in [0.15, 0.2) is 0 Å². The van der Waals surface area contributed by atoms with Crippen LogP contribution in [-0.4, -0.2) is 0 Å². The van der Waals surface area contributed by atoms with Gasteiger partial charge in [0, 0.05) is 10.1 Å². The van der Waals surface area contributed by atoms with Gasteiger partial charge in [0.2, 0.25) is 7.14 Å². The minimum Gasteiger partial charge on any atom is -0.130 e. The molecule has 1 aromatic heterocycles. The van der Waals surface area contributed by atoms with Crippen molar-refractivity contribution in [3.63, 3.8) is 0 Å². The van der Waals surface area contributed by atoms with E-state index in [-0.39, 0.29) is 21.2 Å². The van der Waals surface area contributed by atoms with Crippen LogP contribution in [0.15, 0.2) is 48.5 Å². The van der Waals surface area contributed by atoms with Gasteiger partial charge in [-0.25, -0.2) is 0 Å². The molecule has 0 amide bonds.